The minimum absolute atomic E-state index is 0.0209. The van der Waals surface area contributed by atoms with Crippen molar-refractivity contribution < 1.29 is 23.0 Å². The summed E-state index contributed by atoms with van der Waals surface area (Å²) in [6.45, 7) is 0.847. The van der Waals surface area contributed by atoms with Gasteiger partial charge in [-0.2, -0.15) is 4.39 Å². The summed E-state index contributed by atoms with van der Waals surface area (Å²) >= 11 is 1.75. The maximum atomic E-state index is 14.4. The van der Waals surface area contributed by atoms with Crippen molar-refractivity contribution in [1.82, 2.24) is 5.32 Å². The monoisotopic (exact) mass is 406 g/mol. The molecule has 0 aromatic heterocycles. The van der Waals surface area contributed by atoms with Crippen LogP contribution in [0.5, 0.6) is 11.5 Å². The van der Waals surface area contributed by atoms with E-state index in [1.807, 2.05) is 12.1 Å². The van der Waals surface area contributed by atoms with Crippen LogP contribution >= 0.6 is 11.8 Å². The molecular formula is C20H20F2N2O3S. The molecule has 1 atom stereocenters. The second kappa shape index (κ2) is 9.18. The fraction of sp³-hybridized carbons (Fsp3) is 0.250. The number of nitrogens with two attached hydrogens (primary N) is 1. The molecule has 1 heterocycles. The van der Waals surface area contributed by atoms with Gasteiger partial charge in [0.25, 0.3) is 0 Å². The van der Waals surface area contributed by atoms with Crippen LogP contribution in [0.4, 0.5) is 8.78 Å². The summed E-state index contributed by atoms with van der Waals surface area (Å²) in [6.07, 6.45) is 1.89. The Kier molecular flexibility index (Phi) is 6.66. The van der Waals surface area contributed by atoms with E-state index in [-0.39, 0.29) is 17.7 Å². The lowest BCUT2D eigenvalue weighted by Gasteiger charge is -2.12. The summed E-state index contributed by atoms with van der Waals surface area (Å²) in [7, 11) is 1.18. The number of halogens is 2. The average molecular weight is 406 g/mol. The number of hydrogen-bond donors (Lipinski definition) is 2. The molecule has 0 radical (unpaired) electrons. The zero-order chi connectivity index (χ0) is 20.1. The Labute approximate surface area is 165 Å². The molecule has 3 rings (SSSR count). The van der Waals surface area contributed by atoms with Crippen LogP contribution in [0.25, 0.3) is 6.08 Å². The second-order valence-electron chi connectivity index (χ2n) is 6.18. The third-order valence-corrected chi connectivity index (χ3v) is 5.15. The fourth-order valence-corrected chi connectivity index (χ4v) is 3.50. The summed E-state index contributed by atoms with van der Waals surface area (Å²) in [5, 5.41) is 3.23. The fourth-order valence-electron chi connectivity index (χ4n) is 2.69. The molecule has 0 aliphatic carbocycles. The first kappa shape index (κ1) is 20.3. The van der Waals surface area contributed by atoms with E-state index < -0.39 is 23.6 Å². The Bertz CT molecular complexity index is 880. The van der Waals surface area contributed by atoms with E-state index >= 15 is 0 Å². The van der Waals surface area contributed by atoms with Gasteiger partial charge in [0, 0.05) is 23.7 Å². The lowest BCUT2D eigenvalue weighted by atomic mass is 10.1. The Morgan fingerprint density at radius 3 is 2.64 bits per heavy atom. The standard InChI is InChI=1S/C20H20F2N2O3S/c1-26-20(25)16(23)9-13-4-7-17(19(22)18(13)21)27-14-5-2-12(3-6-14)8-15-10-24-11-28-15/h2-8,16,24H,9-11,23H2,1H3. The number of thioether (sulfide) groups is 1. The van der Waals surface area contributed by atoms with Crippen molar-refractivity contribution in [3.63, 3.8) is 0 Å². The maximum absolute atomic E-state index is 14.4. The molecule has 2 aromatic carbocycles. The zero-order valence-corrected chi connectivity index (χ0v) is 16.0. The molecule has 1 aliphatic rings. The summed E-state index contributed by atoms with van der Waals surface area (Å²) in [5.74, 6) is -1.87. The van der Waals surface area contributed by atoms with Gasteiger partial charge >= 0.3 is 5.97 Å². The van der Waals surface area contributed by atoms with Gasteiger partial charge in [-0.15, -0.1) is 11.8 Å². The van der Waals surface area contributed by atoms with Crippen LogP contribution in [0.3, 0.4) is 0 Å². The van der Waals surface area contributed by atoms with Crippen molar-refractivity contribution in [1.29, 1.82) is 0 Å². The number of esters is 1. The number of ether oxygens (including phenoxy) is 2. The minimum Gasteiger partial charge on any atom is -0.468 e. The summed E-state index contributed by atoms with van der Waals surface area (Å²) in [4.78, 5) is 12.6. The molecule has 8 heteroatoms. The van der Waals surface area contributed by atoms with Gasteiger partial charge < -0.3 is 20.5 Å². The van der Waals surface area contributed by atoms with Crippen molar-refractivity contribution in [2.24, 2.45) is 5.73 Å². The number of methoxy groups -OCH3 is 1. The molecule has 1 aliphatic heterocycles. The molecule has 148 valence electrons. The molecule has 2 aromatic rings. The highest BCUT2D eigenvalue weighted by molar-refractivity contribution is 8.03. The van der Waals surface area contributed by atoms with Gasteiger partial charge in [-0.1, -0.05) is 18.2 Å². The van der Waals surface area contributed by atoms with Crippen molar-refractivity contribution in [3.05, 3.63) is 64.1 Å². The Morgan fingerprint density at radius 2 is 2.00 bits per heavy atom. The highest BCUT2D eigenvalue weighted by Gasteiger charge is 2.20. The smallest absolute Gasteiger partial charge is 0.322 e. The van der Waals surface area contributed by atoms with E-state index in [9.17, 15) is 13.6 Å². The van der Waals surface area contributed by atoms with Crippen LogP contribution in [0.15, 0.2) is 41.3 Å². The van der Waals surface area contributed by atoms with Gasteiger partial charge in [-0.05, 0) is 35.4 Å². The Morgan fingerprint density at radius 1 is 1.25 bits per heavy atom. The van der Waals surface area contributed by atoms with E-state index in [1.54, 1.807) is 23.9 Å². The van der Waals surface area contributed by atoms with Crippen LogP contribution in [-0.4, -0.2) is 31.5 Å². The van der Waals surface area contributed by atoms with E-state index in [4.69, 9.17) is 10.5 Å². The van der Waals surface area contributed by atoms with Crippen molar-refractivity contribution in [3.8, 4) is 11.5 Å². The quantitative estimate of drug-likeness (QED) is 0.716. The number of nitrogens with one attached hydrogen (secondary N) is 1. The number of hydrogen-bond acceptors (Lipinski definition) is 6. The van der Waals surface area contributed by atoms with Crippen LogP contribution < -0.4 is 15.8 Å². The van der Waals surface area contributed by atoms with Crippen LogP contribution in [-0.2, 0) is 16.0 Å². The largest absolute Gasteiger partial charge is 0.468 e. The third kappa shape index (κ3) is 4.89. The first-order chi connectivity index (χ1) is 13.5. The number of rotatable bonds is 6. The topological polar surface area (TPSA) is 73.6 Å². The Hall–Kier alpha value is -2.42. The molecule has 3 N–H and O–H groups in total. The molecular weight excluding hydrogens is 386 g/mol. The van der Waals surface area contributed by atoms with Crippen molar-refractivity contribution in [2.45, 2.75) is 12.5 Å². The number of carbonyl (C=O) groups is 1. The number of benzene rings is 2. The summed E-state index contributed by atoms with van der Waals surface area (Å²) in [5.41, 5.74) is 6.58. The molecule has 1 saturated heterocycles. The molecule has 28 heavy (non-hydrogen) atoms. The van der Waals surface area contributed by atoms with Gasteiger partial charge in [0.2, 0.25) is 5.82 Å². The van der Waals surface area contributed by atoms with Gasteiger partial charge in [0.05, 0.1) is 7.11 Å². The van der Waals surface area contributed by atoms with Gasteiger partial charge in [0.15, 0.2) is 11.6 Å². The van der Waals surface area contributed by atoms with E-state index in [0.717, 1.165) is 18.0 Å². The average Bonchev–Trinajstić information content (AvgIpc) is 3.21. The normalized spacial score (nSPS) is 16.2. The molecule has 0 spiro atoms. The lowest BCUT2D eigenvalue weighted by Crippen LogP contribution is -2.34. The number of carbonyl (C=O) groups excluding carboxylic acids is 1. The van der Waals surface area contributed by atoms with Crippen LogP contribution in [0.2, 0.25) is 0 Å². The van der Waals surface area contributed by atoms with E-state index in [1.165, 1.54) is 24.1 Å². The SMILES string of the molecule is COC(=O)C(N)Cc1ccc(Oc2ccc(C=C3CNCS3)cc2)c(F)c1F. The third-order valence-electron chi connectivity index (χ3n) is 4.17. The highest BCUT2D eigenvalue weighted by Crippen LogP contribution is 2.29. The van der Waals surface area contributed by atoms with Crippen molar-refractivity contribution >= 4 is 23.8 Å². The lowest BCUT2D eigenvalue weighted by molar-refractivity contribution is -0.142. The molecule has 0 amide bonds. The summed E-state index contributed by atoms with van der Waals surface area (Å²) in [6, 6.07) is 8.67. The zero-order valence-electron chi connectivity index (χ0n) is 15.2. The first-order valence-electron chi connectivity index (χ1n) is 8.60. The predicted octanol–water partition coefficient (Wildman–Crippen LogP) is 3.43. The maximum Gasteiger partial charge on any atom is 0.322 e. The van der Waals surface area contributed by atoms with Crippen molar-refractivity contribution in [2.75, 3.05) is 19.5 Å². The molecule has 0 saturated carbocycles. The van der Waals surface area contributed by atoms with Crippen LogP contribution in [0.1, 0.15) is 11.1 Å². The van der Waals surface area contributed by atoms with Crippen LogP contribution in [0, 0.1) is 11.6 Å². The summed E-state index contributed by atoms with van der Waals surface area (Å²) < 4.78 is 38.6. The molecule has 1 unspecified atom stereocenters. The van der Waals surface area contributed by atoms with E-state index in [0.29, 0.717) is 5.75 Å². The molecule has 0 bridgehead atoms. The van der Waals surface area contributed by atoms with Gasteiger partial charge in [-0.25, -0.2) is 4.39 Å². The molecule has 1 fully saturated rings. The van der Waals surface area contributed by atoms with E-state index in [2.05, 4.69) is 16.1 Å². The Balaban J connectivity index is 1.71. The van der Waals surface area contributed by atoms with Gasteiger partial charge in [0.1, 0.15) is 11.8 Å². The first-order valence-corrected chi connectivity index (χ1v) is 9.58. The second-order valence-corrected chi connectivity index (χ2v) is 7.28. The molecule has 5 nitrogen and oxygen atoms in total. The minimum atomic E-state index is -1.13. The van der Waals surface area contributed by atoms with Gasteiger partial charge in [-0.3, -0.25) is 4.79 Å². The highest BCUT2D eigenvalue weighted by atomic mass is 32.2. The predicted molar refractivity (Wildman–Crippen MR) is 105 cm³/mol.